The topological polar surface area (TPSA) is 85.2 Å². The average Bonchev–Trinajstić information content (AvgIpc) is 3.31. The second kappa shape index (κ2) is 8.52. The summed E-state index contributed by atoms with van der Waals surface area (Å²) < 4.78 is 20.0. The molecule has 1 amide bonds. The molecule has 8 nitrogen and oxygen atoms in total. The number of hydrogen-bond acceptors (Lipinski definition) is 6. The zero-order chi connectivity index (χ0) is 20.2. The molecule has 9 heteroatoms. The molecule has 1 N–H and O–H groups in total. The summed E-state index contributed by atoms with van der Waals surface area (Å²) in [6, 6.07) is 5.55. The van der Waals surface area contributed by atoms with Gasteiger partial charge in [-0.25, -0.2) is 19.0 Å². The number of ether oxygens (including phenoxy) is 1. The van der Waals surface area contributed by atoms with Crippen LogP contribution in [-0.4, -0.2) is 63.8 Å². The van der Waals surface area contributed by atoms with Crippen molar-refractivity contribution in [1.82, 2.24) is 30.0 Å². The molecule has 0 aliphatic carbocycles. The van der Waals surface area contributed by atoms with E-state index < -0.39 is 0 Å². The van der Waals surface area contributed by atoms with Crippen LogP contribution in [0, 0.1) is 5.82 Å². The summed E-state index contributed by atoms with van der Waals surface area (Å²) in [7, 11) is 2.11. The van der Waals surface area contributed by atoms with Crippen molar-refractivity contribution >= 4 is 17.1 Å². The zero-order valence-corrected chi connectivity index (χ0v) is 16.2. The summed E-state index contributed by atoms with van der Waals surface area (Å²) in [6.45, 7) is 2.75. The van der Waals surface area contributed by atoms with Gasteiger partial charge in [-0.2, -0.15) is 5.10 Å². The predicted molar refractivity (Wildman–Crippen MR) is 105 cm³/mol. The summed E-state index contributed by atoms with van der Waals surface area (Å²) in [5, 5.41) is 7.56. The molecule has 0 radical (unpaired) electrons. The molecule has 0 spiro atoms. The van der Waals surface area contributed by atoms with Crippen molar-refractivity contribution in [3.05, 3.63) is 48.2 Å². The number of halogens is 1. The first-order chi connectivity index (χ1) is 14.1. The van der Waals surface area contributed by atoms with Gasteiger partial charge in [-0.1, -0.05) is 0 Å². The van der Waals surface area contributed by atoms with Crippen LogP contribution in [0.15, 0.2) is 36.7 Å². The highest BCUT2D eigenvalue weighted by Crippen LogP contribution is 2.29. The van der Waals surface area contributed by atoms with Gasteiger partial charge >= 0.3 is 0 Å². The van der Waals surface area contributed by atoms with Crippen molar-refractivity contribution < 1.29 is 13.9 Å². The minimum absolute atomic E-state index is 0.134. The van der Waals surface area contributed by atoms with Gasteiger partial charge in [0.1, 0.15) is 17.1 Å². The number of carbonyl (C=O) groups is 1. The van der Waals surface area contributed by atoms with Crippen LogP contribution >= 0.6 is 0 Å². The lowest BCUT2D eigenvalue weighted by Crippen LogP contribution is -2.31. The van der Waals surface area contributed by atoms with Gasteiger partial charge in [0, 0.05) is 31.4 Å². The molecule has 1 aliphatic rings. The molecule has 0 bridgehead atoms. The van der Waals surface area contributed by atoms with Gasteiger partial charge in [-0.05, 0) is 44.3 Å². The second-order valence-electron chi connectivity index (χ2n) is 7.18. The number of nitrogens with one attached hydrogen (secondary N) is 1. The molecule has 1 aliphatic heterocycles. The van der Waals surface area contributed by atoms with Crippen LogP contribution in [0.3, 0.4) is 0 Å². The maximum atomic E-state index is 12.9. The van der Waals surface area contributed by atoms with Gasteiger partial charge in [0.05, 0.1) is 12.2 Å². The fraction of sp³-hybridized carbons (Fsp3) is 0.400. The molecular weight excluding hydrogens is 375 g/mol. The van der Waals surface area contributed by atoms with E-state index in [1.54, 1.807) is 17.1 Å². The van der Waals surface area contributed by atoms with Gasteiger partial charge < -0.3 is 15.0 Å². The molecule has 1 aromatic carbocycles. The minimum atomic E-state index is -0.347. The Labute approximate surface area is 167 Å². The Kier molecular flexibility index (Phi) is 5.66. The average molecular weight is 398 g/mol. The first-order valence-electron chi connectivity index (χ1n) is 9.61. The van der Waals surface area contributed by atoms with Gasteiger partial charge in [-0.15, -0.1) is 0 Å². The van der Waals surface area contributed by atoms with Crippen LogP contribution in [0.1, 0.15) is 18.0 Å². The Hall–Kier alpha value is -3.07. The lowest BCUT2D eigenvalue weighted by atomic mass is 10.0. The molecule has 2 aromatic heterocycles. The summed E-state index contributed by atoms with van der Waals surface area (Å²) >= 11 is 0. The highest BCUT2D eigenvalue weighted by Gasteiger charge is 2.27. The third-order valence-corrected chi connectivity index (χ3v) is 5.00. The fourth-order valence-electron chi connectivity index (χ4n) is 3.55. The summed E-state index contributed by atoms with van der Waals surface area (Å²) in [4.78, 5) is 23.2. The standard InChI is InChI=1S/C20H23FN6O2/c1-26-10-6-14(12-26)18-19-20(24-8-7-23-19)27(25-18)11-9-22-17(28)13-29-16-4-2-15(21)3-5-16/h2-5,7-8,14H,6,9-13H2,1H3,(H,22,28)/t14-/m1/s1. The molecule has 4 rings (SSSR count). The number of aromatic nitrogens is 4. The van der Waals surface area contributed by atoms with Crippen molar-refractivity contribution in [3.8, 4) is 5.75 Å². The normalized spacial score (nSPS) is 17.0. The molecular formula is C20H23FN6O2. The first kappa shape index (κ1) is 19.3. The van der Waals surface area contributed by atoms with Crippen LogP contribution in [0.4, 0.5) is 4.39 Å². The zero-order valence-electron chi connectivity index (χ0n) is 16.2. The Morgan fingerprint density at radius 1 is 1.28 bits per heavy atom. The number of nitrogens with zero attached hydrogens (tertiary/aromatic N) is 5. The third kappa shape index (κ3) is 4.51. The van der Waals surface area contributed by atoms with Crippen LogP contribution in [0.25, 0.3) is 11.2 Å². The van der Waals surface area contributed by atoms with Gasteiger partial charge in [0.15, 0.2) is 12.3 Å². The van der Waals surface area contributed by atoms with E-state index in [2.05, 4.69) is 27.2 Å². The largest absolute Gasteiger partial charge is 0.484 e. The van der Waals surface area contributed by atoms with E-state index in [9.17, 15) is 9.18 Å². The van der Waals surface area contributed by atoms with E-state index in [0.29, 0.717) is 24.8 Å². The van der Waals surface area contributed by atoms with Crippen LogP contribution in [-0.2, 0) is 11.3 Å². The van der Waals surface area contributed by atoms with E-state index in [1.165, 1.54) is 24.3 Å². The van der Waals surface area contributed by atoms with E-state index in [0.717, 1.165) is 36.4 Å². The molecule has 0 saturated carbocycles. The number of likely N-dealkylation sites (N-methyl/N-ethyl adjacent to an activating group) is 1. The quantitative estimate of drug-likeness (QED) is 0.651. The van der Waals surface area contributed by atoms with E-state index in [-0.39, 0.29) is 18.3 Å². The molecule has 29 heavy (non-hydrogen) atoms. The van der Waals surface area contributed by atoms with E-state index in [1.807, 2.05) is 0 Å². The maximum absolute atomic E-state index is 12.9. The number of hydrogen-bond donors (Lipinski definition) is 1. The van der Waals surface area contributed by atoms with Crippen molar-refractivity contribution in [3.63, 3.8) is 0 Å². The molecule has 0 unspecified atom stereocenters. The fourth-order valence-corrected chi connectivity index (χ4v) is 3.55. The molecule has 1 atom stereocenters. The Morgan fingerprint density at radius 2 is 2.07 bits per heavy atom. The van der Waals surface area contributed by atoms with Gasteiger partial charge in [0.2, 0.25) is 0 Å². The Bertz CT molecular complexity index is 990. The number of fused-ring (bicyclic) bond motifs is 1. The molecule has 3 aromatic rings. The lowest BCUT2D eigenvalue weighted by Gasteiger charge is -2.08. The van der Waals surface area contributed by atoms with E-state index >= 15 is 0 Å². The summed E-state index contributed by atoms with van der Waals surface area (Å²) in [6.07, 6.45) is 4.39. The third-order valence-electron chi connectivity index (χ3n) is 5.00. The molecule has 152 valence electrons. The number of rotatable bonds is 7. The van der Waals surface area contributed by atoms with Crippen molar-refractivity contribution in [1.29, 1.82) is 0 Å². The summed E-state index contributed by atoms with van der Waals surface area (Å²) in [5.41, 5.74) is 2.54. The number of carbonyl (C=O) groups excluding carboxylic acids is 1. The Morgan fingerprint density at radius 3 is 2.83 bits per heavy atom. The SMILES string of the molecule is CN1CC[C@@H](c2nn(CCNC(=O)COc3ccc(F)cc3)c3nccnc23)C1. The van der Waals surface area contributed by atoms with Crippen molar-refractivity contribution in [2.45, 2.75) is 18.9 Å². The highest BCUT2D eigenvalue weighted by atomic mass is 19.1. The van der Waals surface area contributed by atoms with Gasteiger partial charge in [-0.3, -0.25) is 4.79 Å². The van der Waals surface area contributed by atoms with E-state index in [4.69, 9.17) is 9.84 Å². The Balaban J connectivity index is 1.34. The molecule has 1 fully saturated rings. The number of amides is 1. The van der Waals surface area contributed by atoms with Gasteiger partial charge in [0.25, 0.3) is 5.91 Å². The minimum Gasteiger partial charge on any atom is -0.484 e. The predicted octanol–water partition coefficient (Wildman–Crippen LogP) is 1.58. The molecule has 1 saturated heterocycles. The van der Waals surface area contributed by atoms with Crippen LogP contribution < -0.4 is 10.1 Å². The van der Waals surface area contributed by atoms with Crippen molar-refractivity contribution in [2.24, 2.45) is 0 Å². The first-order valence-corrected chi connectivity index (χ1v) is 9.61. The number of benzene rings is 1. The van der Waals surface area contributed by atoms with Crippen LogP contribution in [0.2, 0.25) is 0 Å². The second-order valence-corrected chi connectivity index (χ2v) is 7.18. The highest BCUT2D eigenvalue weighted by molar-refractivity contribution is 5.77. The lowest BCUT2D eigenvalue weighted by molar-refractivity contribution is -0.123. The molecule has 3 heterocycles. The van der Waals surface area contributed by atoms with Crippen LogP contribution in [0.5, 0.6) is 5.75 Å². The van der Waals surface area contributed by atoms with Crippen molar-refractivity contribution in [2.75, 3.05) is 33.3 Å². The maximum Gasteiger partial charge on any atom is 0.258 e. The monoisotopic (exact) mass is 398 g/mol. The summed E-state index contributed by atoms with van der Waals surface area (Å²) in [5.74, 6) is 0.190. The number of likely N-dealkylation sites (tertiary alicyclic amines) is 1. The smallest absolute Gasteiger partial charge is 0.258 e.